The number of hydrogen-bond acceptors (Lipinski definition) is 3. The van der Waals surface area contributed by atoms with Crippen LogP contribution in [0.1, 0.15) is 10.4 Å². The Bertz CT molecular complexity index is 241. The van der Waals surface area contributed by atoms with Crippen molar-refractivity contribution in [3.8, 4) is 0 Å². The molecular formula is C6H9N3S. The summed E-state index contributed by atoms with van der Waals surface area (Å²) in [6.45, 7) is 0.518. The maximum atomic E-state index is 7.07. The largest absolute Gasteiger partial charge is 0.383 e. The normalized spacial score (nSPS) is 9.70. The zero-order chi connectivity index (χ0) is 7.56. The zero-order valence-electron chi connectivity index (χ0n) is 5.42. The highest BCUT2D eigenvalue weighted by atomic mass is 32.1. The van der Waals surface area contributed by atoms with E-state index in [2.05, 4.69) is 0 Å². The maximum Gasteiger partial charge on any atom is 0.133 e. The molecule has 0 spiro atoms. The van der Waals surface area contributed by atoms with E-state index >= 15 is 0 Å². The van der Waals surface area contributed by atoms with Gasteiger partial charge in [-0.2, -0.15) is 0 Å². The van der Waals surface area contributed by atoms with Crippen LogP contribution in [0.25, 0.3) is 0 Å². The summed E-state index contributed by atoms with van der Waals surface area (Å²) in [4.78, 5) is 0.792. The minimum atomic E-state index is 0.115. The van der Waals surface area contributed by atoms with Crippen LogP contribution in [0.15, 0.2) is 11.4 Å². The quantitative estimate of drug-likeness (QED) is 0.429. The average Bonchev–Trinajstić information content (AvgIpc) is 2.34. The fourth-order valence-corrected chi connectivity index (χ4v) is 1.41. The van der Waals surface area contributed by atoms with Crippen LogP contribution < -0.4 is 11.5 Å². The minimum absolute atomic E-state index is 0.115. The number of nitrogen functional groups attached to an aromatic ring is 1. The number of nitrogens with one attached hydrogen (secondary N) is 1. The Labute approximate surface area is 63.2 Å². The van der Waals surface area contributed by atoms with Gasteiger partial charge >= 0.3 is 0 Å². The van der Waals surface area contributed by atoms with Crippen molar-refractivity contribution < 1.29 is 0 Å². The highest BCUT2D eigenvalue weighted by Crippen LogP contribution is 2.12. The average molecular weight is 155 g/mol. The van der Waals surface area contributed by atoms with E-state index in [1.165, 1.54) is 11.3 Å². The van der Waals surface area contributed by atoms with Gasteiger partial charge in [-0.25, -0.2) is 0 Å². The molecule has 0 aliphatic rings. The van der Waals surface area contributed by atoms with E-state index in [1.807, 2.05) is 11.4 Å². The molecule has 0 unspecified atom stereocenters. The second-order valence-corrected chi connectivity index (χ2v) is 2.85. The number of rotatable bonds is 2. The SMILES string of the molecule is N=C(N)c1cc(CN)cs1. The van der Waals surface area contributed by atoms with Crippen LogP contribution >= 0.6 is 11.3 Å². The van der Waals surface area contributed by atoms with Crippen molar-refractivity contribution in [1.82, 2.24) is 0 Å². The van der Waals surface area contributed by atoms with Crippen LogP contribution in [0.2, 0.25) is 0 Å². The summed E-state index contributed by atoms with van der Waals surface area (Å²) in [6.07, 6.45) is 0. The van der Waals surface area contributed by atoms with E-state index in [-0.39, 0.29) is 5.84 Å². The summed E-state index contributed by atoms with van der Waals surface area (Å²) in [5.41, 5.74) is 11.6. The Balaban J connectivity index is 2.88. The summed E-state index contributed by atoms with van der Waals surface area (Å²) in [7, 11) is 0. The molecule has 4 heteroatoms. The first-order chi connectivity index (χ1) is 4.74. The van der Waals surface area contributed by atoms with E-state index in [0.29, 0.717) is 6.54 Å². The molecule has 0 atom stereocenters. The number of thiophene rings is 1. The fourth-order valence-electron chi connectivity index (χ4n) is 0.624. The van der Waals surface area contributed by atoms with E-state index in [1.54, 1.807) is 0 Å². The predicted octanol–water partition coefficient (Wildman–Crippen LogP) is 0.491. The number of amidine groups is 1. The molecule has 3 nitrogen and oxygen atoms in total. The first-order valence-corrected chi connectivity index (χ1v) is 3.74. The lowest BCUT2D eigenvalue weighted by atomic mass is 10.3. The Hall–Kier alpha value is -0.870. The highest BCUT2D eigenvalue weighted by molar-refractivity contribution is 7.12. The molecule has 0 fully saturated rings. The van der Waals surface area contributed by atoms with E-state index in [9.17, 15) is 0 Å². The molecule has 1 rings (SSSR count). The van der Waals surface area contributed by atoms with Crippen molar-refractivity contribution in [2.45, 2.75) is 6.54 Å². The molecule has 0 saturated carbocycles. The molecule has 10 heavy (non-hydrogen) atoms. The maximum absolute atomic E-state index is 7.07. The molecule has 0 radical (unpaired) electrons. The lowest BCUT2D eigenvalue weighted by Gasteiger charge is -1.87. The fraction of sp³-hybridized carbons (Fsp3) is 0.167. The molecule has 1 heterocycles. The third kappa shape index (κ3) is 1.34. The van der Waals surface area contributed by atoms with Gasteiger partial charge in [-0.3, -0.25) is 5.41 Å². The third-order valence-corrected chi connectivity index (χ3v) is 2.17. The van der Waals surface area contributed by atoms with Crippen LogP contribution in [-0.4, -0.2) is 5.84 Å². The Morgan fingerprint density at radius 1 is 1.70 bits per heavy atom. The van der Waals surface area contributed by atoms with Gasteiger partial charge in [0, 0.05) is 6.54 Å². The van der Waals surface area contributed by atoms with Crippen LogP contribution in [0, 0.1) is 5.41 Å². The molecule has 0 aliphatic carbocycles. The lowest BCUT2D eigenvalue weighted by molar-refractivity contribution is 1.08. The van der Waals surface area contributed by atoms with E-state index < -0.39 is 0 Å². The topological polar surface area (TPSA) is 75.9 Å². The van der Waals surface area contributed by atoms with Gasteiger partial charge in [0.05, 0.1) is 4.88 Å². The van der Waals surface area contributed by atoms with Gasteiger partial charge in [0.1, 0.15) is 5.84 Å². The summed E-state index contributed by atoms with van der Waals surface area (Å²) in [5.74, 6) is 0.115. The van der Waals surface area contributed by atoms with Gasteiger partial charge in [0.2, 0.25) is 0 Å². The standard InChI is InChI=1S/C6H9N3S/c7-2-4-1-5(6(8)9)10-3-4/h1,3H,2,7H2,(H3,8,9). The van der Waals surface area contributed by atoms with Crippen molar-refractivity contribution >= 4 is 17.2 Å². The Kier molecular flexibility index (Phi) is 2.03. The highest BCUT2D eigenvalue weighted by Gasteiger charge is 1.99. The van der Waals surface area contributed by atoms with Crippen molar-refractivity contribution in [1.29, 1.82) is 5.41 Å². The summed E-state index contributed by atoms with van der Waals surface area (Å²) >= 11 is 1.45. The van der Waals surface area contributed by atoms with Crippen LogP contribution in [-0.2, 0) is 6.54 Å². The second-order valence-electron chi connectivity index (χ2n) is 1.94. The first-order valence-electron chi connectivity index (χ1n) is 2.86. The molecule has 5 N–H and O–H groups in total. The molecule has 54 valence electrons. The van der Waals surface area contributed by atoms with Crippen LogP contribution in [0.4, 0.5) is 0 Å². The second kappa shape index (κ2) is 2.81. The van der Waals surface area contributed by atoms with Crippen molar-refractivity contribution in [3.05, 3.63) is 21.9 Å². The molecular weight excluding hydrogens is 146 g/mol. The minimum Gasteiger partial charge on any atom is -0.383 e. The van der Waals surface area contributed by atoms with Gasteiger partial charge in [0.15, 0.2) is 0 Å². The van der Waals surface area contributed by atoms with Crippen LogP contribution in [0.3, 0.4) is 0 Å². The number of nitrogens with two attached hydrogens (primary N) is 2. The van der Waals surface area contributed by atoms with Gasteiger partial charge in [-0.05, 0) is 17.0 Å². The Morgan fingerprint density at radius 3 is 2.70 bits per heavy atom. The first kappa shape index (κ1) is 7.24. The summed E-state index contributed by atoms with van der Waals surface area (Å²) in [5, 5.41) is 8.98. The molecule has 0 aliphatic heterocycles. The van der Waals surface area contributed by atoms with Gasteiger partial charge in [0.25, 0.3) is 0 Å². The van der Waals surface area contributed by atoms with Gasteiger partial charge < -0.3 is 11.5 Å². The molecule has 1 aromatic heterocycles. The number of hydrogen-bond donors (Lipinski definition) is 3. The monoisotopic (exact) mass is 155 g/mol. The molecule has 0 amide bonds. The smallest absolute Gasteiger partial charge is 0.133 e. The van der Waals surface area contributed by atoms with Crippen molar-refractivity contribution in [2.75, 3.05) is 0 Å². The Morgan fingerprint density at radius 2 is 2.40 bits per heavy atom. The summed E-state index contributed by atoms with van der Waals surface area (Å²) in [6, 6.07) is 1.84. The third-order valence-electron chi connectivity index (χ3n) is 1.15. The molecule has 0 aromatic carbocycles. The molecule has 1 aromatic rings. The van der Waals surface area contributed by atoms with Gasteiger partial charge in [-0.1, -0.05) is 0 Å². The van der Waals surface area contributed by atoms with Gasteiger partial charge in [-0.15, -0.1) is 11.3 Å². The van der Waals surface area contributed by atoms with E-state index in [4.69, 9.17) is 16.9 Å². The predicted molar refractivity (Wildman–Crippen MR) is 43.2 cm³/mol. The lowest BCUT2D eigenvalue weighted by Crippen LogP contribution is -2.08. The van der Waals surface area contributed by atoms with Crippen molar-refractivity contribution in [3.63, 3.8) is 0 Å². The van der Waals surface area contributed by atoms with E-state index in [0.717, 1.165) is 10.4 Å². The molecule has 0 bridgehead atoms. The molecule has 0 saturated heterocycles. The zero-order valence-corrected chi connectivity index (χ0v) is 6.24. The summed E-state index contributed by atoms with van der Waals surface area (Å²) < 4.78 is 0. The van der Waals surface area contributed by atoms with Crippen molar-refractivity contribution in [2.24, 2.45) is 11.5 Å². The van der Waals surface area contributed by atoms with Crippen LogP contribution in [0.5, 0.6) is 0 Å².